The molecule has 2 aromatic rings. The molecular formula is C20H17F3N2O4S. The van der Waals surface area contributed by atoms with Gasteiger partial charge in [0.25, 0.3) is 11.8 Å². The molecule has 1 fully saturated rings. The van der Waals surface area contributed by atoms with Gasteiger partial charge in [-0.05, 0) is 42.7 Å². The number of rotatable bonds is 3. The zero-order chi connectivity index (χ0) is 21.8. The number of hydrogen-bond donors (Lipinski definition) is 0. The molecule has 0 bridgehead atoms. The highest BCUT2D eigenvalue weighted by Crippen LogP contribution is 2.42. The average Bonchev–Trinajstić information content (AvgIpc) is 3.28. The fourth-order valence-electron chi connectivity index (χ4n) is 4.02. The topological polar surface area (TPSA) is 74.8 Å². The molecule has 1 atom stereocenters. The molecule has 0 aromatic heterocycles. The SMILES string of the molecule is CN1C(=O)c2ccc(S(=O)(=O)N3CCCC3c3ccccc3C(F)(F)F)cc2C1=O. The summed E-state index contributed by atoms with van der Waals surface area (Å²) in [4.78, 5) is 24.9. The highest BCUT2D eigenvalue weighted by molar-refractivity contribution is 7.89. The van der Waals surface area contributed by atoms with Gasteiger partial charge in [-0.2, -0.15) is 17.5 Å². The minimum Gasteiger partial charge on any atom is -0.277 e. The van der Waals surface area contributed by atoms with E-state index in [4.69, 9.17) is 0 Å². The quantitative estimate of drug-likeness (QED) is 0.688. The number of benzene rings is 2. The predicted octanol–water partition coefficient (Wildman–Crippen LogP) is 3.46. The van der Waals surface area contributed by atoms with Crippen LogP contribution in [0.2, 0.25) is 0 Å². The van der Waals surface area contributed by atoms with Crippen LogP contribution in [0.1, 0.15) is 50.7 Å². The Bertz CT molecular complexity index is 1160. The summed E-state index contributed by atoms with van der Waals surface area (Å²) in [7, 11) is -2.90. The standard InChI is InChI=1S/C20H17F3N2O4S/c1-24-18(26)13-9-8-12(11-15(13)19(24)27)30(28,29)25-10-4-7-17(25)14-5-2-3-6-16(14)20(21,22)23/h2-3,5-6,8-9,11,17H,4,7,10H2,1H3. The summed E-state index contributed by atoms with van der Waals surface area (Å²) >= 11 is 0. The second-order valence-corrected chi connectivity index (χ2v) is 9.13. The molecule has 30 heavy (non-hydrogen) atoms. The number of carbonyl (C=O) groups excluding carboxylic acids is 2. The summed E-state index contributed by atoms with van der Waals surface area (Å²) in [6.45, 7) is 0.0586. The number of halogens is 3. The summed E-state index contributed by atoms with van der Waals surface area (Å²) in [5.41, 5.74) is -0.900. The molecule has 0 N–H and O–H groups in total. The fraction of sp³-hybridized carbons (Fsp3) is 0.300. The summed E-state index contributed by atoms with van der Waals surface area (Å²) in [6, 6.07) is 7.57. The number of carbonyl (C=O) groups is 2. The maximum atomic E-state index is 13.5. The highest BCUT2D eigenvalue weighted by atomic mass is 32.2. The molecule has 0 saturated carbocycles. The molecule has 158 valence electrons. The van der Waals surface area contributed by atoms with Crippen molar-refractivity contribution in [3.05, 3.63) is 64.7 Å². The molecule has 0 radical (unpaired) electrons. The second-order valence-electron chi connectivity index (χ2n) is 7.24. The van der Waals surface area contributed by atoms with Gasteiger partial charge in [0.2, 0.25) is 10.0 Å². The van der Waals surface area contributed by atoms with Crippen LogP contribution in [0.25, 0.3) is 0 Å². The van der Waals surface area contributed by atoms with E-state index in [0.29, 0.717) is 6.42 Å². The number of alkyl halides is 3. The smallest absolute Gasteiger partial charge is 0.277 e. The molecule has 0 spiro atoms. The molecule has 4 rings (SSSR count). The van der Waals surface area contributed by atoms with Crippen LogP contribution in [0.4, 0.5) is 13.2 Å². The molecule has 0 aliphatic carbocycles. The van der Waals surface area contributed by atoms with E-state index < -0.39 is 39.6 Å². The Kier molecular flexibility index (Phi) is 4.74. The lowest BCUT2D eigenvalue weighted by Gasteiger charge is -2.26. The van der Waals surface area contributed by atoms with Crippen molar-refractivity contribution in [1.29, 1.82) is 0 Å². The van der Waals surface area contributed by atoms with E-state index in [2.05, 4.69) is 0 Å². The first-order valence-corrected chi connectivity index (χ1v) is 10.6. The normalized spacial score (nSPS) is 20.1. The molecule has 2 aliphatic rings. The number of fused-ring (bicyclic) bond motifs is 1. The van der Waals surface area contributed by atoms with Crippen LogP contribution >= 0.6 is 0 Å². The minimum atomic E-state index is -4.61. The van der Waals surface area contributed by atoms with Gasteiger partial charge in [-0.15, -0.1) is 0 Å². The van der Waals surface area contributed by atoms with Gasteiger partial charge in [0, 0.05) is 13.6 Å². The third-order valence-electron chi connectivity index (χ3n) is 5.50. The lowest BCUT2D eigenvalue weighted by atomic mass is 9.99. The van der Waals surface area contributed by atoms with Crippen LogP contribution in [-0.4, -0.2) is 43.0 Å². The van der Waals surface area contributed by atoms with Crippen LogP contribution in [0, 0.1) is 0 Å². The zero-order valence-corrected chi connectivity index (χ0v) is 16.6. The highest BCUT2D eigenvalue weighted by Gasteiger charge is 2.42. The molecule has 1 unspecified atom stereocenters. The van der Waals surface area contributed by atoms with Gasteiger partial charge in [0.1, 0.15) is 0 Å². The van der Waals surface area contributed by atoms with Crippen molar-refractivity contribution in [3.63, 3.8) is 0 Å². The van der Waals surface area contributed by atoms with Crippen molar-refractivity contribution < 1.29 is 31.2 Å². The molecule has 2 aromatic carbocycles. The molecule has 10 heteroatoms. The number of sulfonamides is 1. The van der Waals surface area contributed by atoms with E-state index in [1.807, 2.05) is 0 Å². The van der Waals surface area contributed by atoms with Gasteiger partial charge >= 0.3 is 6.18 Å². The third kappa shape index (κ3) is 3.10. The van der Waals surface area contributed by atoms with Crippen molar-refractivity contribution in [3.8, 4) is 0 Å². The Hall–Kier alpha value is -2.72. The summed E-state index contributed by atoms with van der Waals surface area (Å²) in [5, 5.41) is 0. The third-order valence-corrected chi connectivity index (χ3v) is 7.40. The summed E-state index contributed by atoms with van der Waals surface area (Å²) in [5.74, 6) is -1.15. The van der Waals surface area contributed by atoms with Crippen LogP contribution in [-0.2, 0) is 16.2 Å². The van der Waals surface area contributed by atoms with Crippen molar-refractivity contribution in [2.45, 2.75) is 30.0 Å². The second kappa shape index (κ2) is 6.92. The van der Waals surface area contributed by atoms with Crippen molar-refractivity contribution in [1.82, 2.24) is 9.21 Å². The van der Waals surface area contributed by atoms with Crippen molar-refractivity contribution in [2.75, 3.05) is 13.6 Å². The molecule has 2 amide bonds. The van der Waals surface area contributed by atoms with Crippen LogP contribution in [0.5, 0.6) is 0 Å². The largest absolute Gasteiger partial charge is 0.416 e. The molecule has 6 nitrogen and oxygen atoms in total. The maximum absolute atomic E-state index is 13.5. The maximum Gasteiger partial charge on any atom is 0.416 e. The van der Waals surface area contributed by atoms with E-state index in [-0.39, 0.29) is 34.6 Å². The first-order valence-electron chi connectivity index (χ1n) is 9.18. The Labute approximate surface area is 170 Å². The average molecular weight is 438 g/mol. The summed E-state index contributed by atoms with van der Waals surface area (Å²) in [6.07, 6.45) is -3.96. The Morgan fingerprint density at radius 3 is 2.37 bits per heavy atom. The summed E-state index contributed by atoms with van der Waals surface area (Å²) < 4.78 is 68.0. The van der Waals surface area contributed by atoms with E-state index in [1.165, 1.54) is 37.4 Å². The van der Waals surface area contributed by atoms with Gasteiger partial charge in [-0.3, -0.25) is 14.5 Å². The van der Waals surface area contributed by atoms with Crippen molar-refractivity contribution in [2.24, 2.45) is 0 Å². The minimum absolute atomic E-state index is 0.0324. The van der Waals surface area contributed by atoms with Crippen LogP contribution < -0.4 is 0 Å². The number of nitrogens with zero attached hydrogens (tertiary/aromatic N) is 2. The molecule has 2 aliphatic heterocycles. The van der Waals surface area contributed by atoms with E-state index in [9.17, 15) is 31.2 Å². The van der Waals surface area contributed by atoms with E-state index in [0.717, 1.165) is 21.3 Å². The monoisotopic (exact) mass is 438 g/mol. The van der Waals surface area contributed by atoms with Gasteiger partial charge in [0.05, 0.1) is 27.6 Å². The van der Waals surface area contributed by atoms with Crippen LogP contribution in [0.3, 0.4) is 0 Å². The van der Waals surface area contributed by atoms with E-state index >= 15 is 0 Å². The molecule has 2 heterocycles. The number of imide groups is 1. The van der Waals surface area contributed by atoms with Gasteiger partial charge in [0.15, 0.2) is 0 Å². The lowest BCUT2D eigenvalue weighted by Crippen LogP contribution is -2.32. The van der Waals surface area contributed by atoms with Gasteiger partial charge in [-0.1, -0.05) is 18.2 Å². The first kappa shape index (κ1) is 20.5. The fourth-order valence-corrected chi connectivity index (χ4v) is 5.72. The first-order chi connectivity index (χ1) is 14.0. The predicted molar refractivity (Wildman–Crippen MR) is 100 cm³/mol. The van der Waals surface area contributed by atoms with Gasteiger partial charge < -0.3 is 0 Å². The van der Waals surface area contributed by atoms with E-state index in [1.54, 1.807) is 0 Å². The Balaban J connectivity index is 1.76. The van der Waals surface area contributed by atoms with Gasteiger partial charge in [-0.25, -0.2) is 8.42 Å². The Morgan fingerprint density at radius 1 is 1.00 bits per heavy atom. The molecular weight excluding hydrogens is 421 g/mol. The Morgan fingerprint density at radius 2 is 1.67 bits per heavy atom. The van der Waals surface area contributed by atoms with Crippen molar-refractivity contribution >= 4 is 21.8 Å². The number of hydrogen-bond acceptors (Lipinski definition) is 4. The zero-order valence-electron chi connectivity index (χ0n) is 15.8. The molecule has 1 saturated heterocycles. The van der Waals surface area contributed by atoms with Crippen LogP contribution in [0.15, 0.2) is 47.4 Å². The lowest BCUT2D eigenvalue weighted by molar-refractivity contribution is -0.138. The number of amides is 2.